The van der Waals surface area contributed by atoms with Crippen LogP contribution in [0.1, 0.15) is 15.2 Å². The molecule has 0 bridgehead atoms. The minimum absolute atomic E-state index is 0.339. The van der Waals surface area contributed by atoms with E-state index in [9.17, 15) is 14.4 Å². The van der Waals surface area contributed by atoms with Crippen LogP contribution in [-0.4, -0.2) is 24.5 Å². The molecule has 0 unspecified atom stereocenters. The molecule has 2 N–H and O–H groups in total. The third kappa shape index (κ3) is 5.01. The summed E-state index contributed by atoms with van der Waals surface area (Å²) in [6, 6.07) is 4.71. The number of thiophene rings is 2. The molecule has 110 valence electrons. The van der Waals surface area contributed by atoms with Gasteiger partial charge in [-0.05, 0) is 22.9 Å². The number of rotatable bonds is 5. The Labute approximate surface area is 128 Å². The average molecular weight is 324 g/mol. The number of imide groups is 1. The molecule has 8 heteroatoms. The Morgan fingerprint density at radius 1 is 1.19 bits per heavy atom. The van der Waals surface area contributed by atoms with Crippen LogP contribution >= 0.6 is 22.7 Å². The molecular weight excluding hydrogens is 312 g/mol. The molecule has 2 aromatic heterocycles. The van der Waals surface area contributed by atoms with Crippen molar-refractivity contribution in [2.24, 2.45) is 0 Å². The third-order valence-corrected chi connectivity index (χ3v) is 3.91. The highest BCUT2D eigenvalue weighted by Gasteiger charge is 2.12. The topological polar surface area (TPSA) is 84.5 Å². The molecule has 2 rings (SSSR count). The number of ether oxygens (including phenoxy) is 1. The molecule has 0 spiro atoms. The minimum atomic E-state index is -0.678. The maximum atomic E-state index is 11.5. The molecule has 0 aliphatic rings. The zero-order valence-electron chi connectivity index (χ0n) is 10.8. The van der Waals surface area contributed by atoms with Gasteiger partial charge in [0.15, 0.2) is 6.61 Å². The Bertz CT molecular complexity index is 608. The second-order valence-corrected chi connectivity index (χ2v) is 5.71. The van der Waals surface area contributed by atoms with Crippen molar-refractivity contribution < 1.29 is 19.1 Å². The fourth-order valence-electron chi connectivity index (χ4n) is 1.38. The van der Waals surface area contributed by atoms with E-state index in [-0.39, 0.29) is 0 Å². The van der Waals surface area contributed by atoms with Crippen molar-refractivity contribution in [2.45, 2.75) is 6.54 Å². The van der Waals surface area contributed by atoms with Crippen LogP contribution in [0.25, 0.3) is 0 Å². The van der Waals surface area contributed by atoms with E-state index < -0.39 is 24.5 Å². The number of urea groups is 1. The number of esters is 1. The van der Waals surface area contributed by atoms with Crippen LogP contribution in [0.2, 0.25) is 0 Å². The number of carbonyl (C=O) groups is 3. The van der Waals surface area contributed by atoms with Crippen molar-refractivity contribution in [3.8, 4) is 0 Å². The van der Waals surface area contributed by atoms with Gasteiger partial charge in [-0.3, -0.25) is 10.1 Å². The van der Waals surface area contributed by atoms with Gasteiger partial charge in [-0.25, -0.2) is 9.59 Å². The van der Waals surface area contributed by atoms with Gasteiger partial charge in [0, 0.05) is 10.3 Å². The summed E-state index contributed by atoms with van der Waals surface area (Å²) < 4.78 is 4.78. The maximum absolute atomic E-state index is 11.5. The van der Waals surface area contributed by atoms with Gasteiger partial charge in [-0.2, -0.15) is 11.3 Å². The Morgan fingerprint density at radius 3 is 2.71 bits per heavy atom. The zero-order valence-corrected chi connectivity index (χ0v) is 12.5. The zero-order chi connectivity index (χ0) is 15.1. The minimum Gasteiger partial charge on any atom is -0.452 e. The molecule has 6 nitrogen and oxygen atoms in total. The molecule has 0 atom stereocenters. The van der Waals surface area contributed by atoms with Crippen LogP contribution < -0.4 is 10.6 Å². The third-order valence-electron chi connectivity index (χ3n) is 2.35. The average Bonchev–Trinajstić information content (AvgIpc) is 3.15. The number of amides is 3. The maximum Gasteiger partial charge on any atom is 0.339 e. The molecular formula is C13H12N2O4S2. The predicted octanol–water partition coefficient (Wildman–Crippen LogP) is 1.99. The lowest BCUT2D eigenvalue weighted by Crippen LogP contribution is -2.41. The Hall–Kier alpha value is -2.19. The largest absolute Gasteiger partial charge is 0.452 e. The van der Waals surface area contributed by atoms with E-state index in [0.29, 0.717) is 12.1 Å². The monoisotopic (exact) mass is 324 g/mol. The van der Waals surface area contributed by atoms with Crippen LogP contribution in [0.15, 0.2) is 34.3 Å². The molecule has 2 aromatic rings. The molecule has 0 saturated carbocycles. The van der Waals surface area contributed by atoms with Crippen LogP contribution in [0, 0.1) is 0 Å². The number of carbonyl (C=O) groups excluding carboxylic acids is 3. The predicted molar refractivity (Wildman–Crippen MR) is 79.3 cm³/mol. The van der Waals surface area contributed by atoms with E-state index in [0.717, 1.165) is 4.88 Å². The summed E-state index contributed by atoms with van der Waals surface area (Å²) in [4.78, 5) is 35.3. The van der Waals surface area contributed by atoms with Crippen LogP contribution in [0.5, 0.6) is 0 Å². The molecule has 0 fully saturated rings. The standard InChI is InChI=1S/C13H12N2O4S2/c16-11(7-19-12(17)9-3-5-20-8-9)15-13(18)14-6-10-2-1-4-21-10/h1-5,8H,6-7H2,(H2,14,15,16,18). The summed E-state index contributed by atoms with van der Waals surface area (Å²) in [5.41, 5.74) is 0.384. The van der Waals surface area contributed by atoms with E-state index in [4.69, 9.17) is 4.74 Å². The first-order valence-corrected chi connectivity index (χ1v) is 7.77. The lowest BCUT2D eigenvalue weighted by Gasteiger charge is -2.06. The molecule has 0 aromatic carbocycles. The second-order valence-electron chi connectivity index (χ2n) is 3.90. The van der Waals surface area contributed by atoms with Gasteiger partial charge in [0.1, 0.15) is 0 Å². The van der Waals surface area contributed by atoms with E-state index in [2.05, 4.69) is 10.6 Å². The van der Waals surface area contributed by atoms with E-state index in [1.807, 2.05) is 17.5 Å². The normalized spacial score (nSPS) is 9.90. The fraction of sp³-hybridized carbons (Fsp3) is 0.154. The van der Waals surface area contributed by atoms with Crippen molar-refractivity contribution in [1.82, 2.24) is 10.6 Å². The van der Waals surface area contributed by atoms with Crippen molar-refractivity contribution in [2.75, 3.05) is 6.61 Å². The summed E-state index contributed by atoms with van der Waals surface area (Å²) in [7, 11) is 0. The number of hydrogen-bond donors (Lipinski definition) is 2. The molecule has 21 heavy (non-hydrogen) atoms. The summed E-state index contributed by atoms with van der Waals surface area (Å²) >= 11 is 2.85. The summed E-state index contributed by atoms with van der Waals surface area (Å²) in [6.07, 6.45) is 0. The van der Waals surface area contributed by atoms with Crippen LogP contribution in [0.3, 0.4) is 0 Å². The number of hydrogen-bond acceptors (Lipinski definition) is 6. The molecule has 2 heterocycles. The Morgan fingerprint density at radius 2 is 2.05 bits per heavy atom. The molecule has 0 saturated heterocycles. The highest BCUT2D eigenvalue weighted by atomic mass is 32.1. The van der Waals surface area contributed by atoms with Crippen LogP contribution in [-0.2, 0) is 16.1 Å². The highest BCUT2D eigenvalue weighted by molar-refractivity contribution is 7.09. The lowest BCUT2D eigenvalue weighted by atomic mass is 10.3. The fourth-order valence-corrected chi connectivity index (χ4v) is 2.65. The first-order valence-electron chi connectivity index (χ1n) is 5.94. The molecule has 0 aliphatic carbocycles. The van der Waals surface area contributed by atoms with Gasteiger partial charge in [0.2, 0.25) is 0 Å². The molecule has 0 aliphatic heterocycles. The van der Waals surface area contributed by atoms with Gasteiger partial charge in [-0.15, -0.1) is 11.3 Å². The Balaban J connectivity index is 1.67. The van der Waals surface area contributed by atoms with Crippen LogP contribution in [0.4, 0.5) is 4.79 Å². The van der Waals surface area contributed by atoms with Gasteiger partial charge in [0.25, 0.3) is 5.91 Å². The SMILES string of the molecule is O=C(COC(=O)c1ccsc1)NC(=O)NCc1cccs1. The smallest absolute Gasteiger partial charge is 0.339 e. The molecule has 0 radical (unpaired) electrons. The van der Waals surface area contributed by atoms with Gasteiger partial charge < -0.3 is 10.1 Å². The van der Waals surface area contributed by atoms with Crippen molar-refractivity contribution in [3.63, 3.8) is 0 Å². The van der Waals surface area contributed by atoms with Gasteiger partial charge >= 0.3 is 12.0 Å². The summed E-state index contributed by atoms with van der Waals surface area (Å²) in [5.74, 6) is -1.27. The van der Waals surface area contributed by atoms with E-state index in [1.54, 1.807) is 16.8 Å². The summed E-state index contributed by atoms with van der Waals surface area (Å²) in [5, 5.41) is 9.86. The van der Waals surface area contributed by atoms with Gasteiger partial charge in [0.05, 0.1) is 12.1 Å². The second kappa shape index (κ2) is 7.55. The molecule has 3 amide bonds. The Kier molecular flexibility index (Phi) is 5.47. The van der Waals surface area contributed by atoms with Crippen molar-refractivity contribution in [3.05, 3.63) is 44.8 Å². The van der Waals surface area contributed by atoms with E-state index in [1.165, 1.54) is 22.7 Å². The quantitative estimate of drug-likeness (QED) is 0.824. The summed E-state index contributed by atoms with van der Waals surface area (Å²) in [6.45, 7) is -0.160. The van der Waals surface area contributed by atoms with Crippen molar-refractivity contribution in [1.29, 1.82) is 0 Å². The number of nitrogens with one attached hydrogen (secondary N) is 2. The van der Waals surface area contributed by atoms with E-state index >= 15 is 0 Å². The highest BCUT2D eigenvalue weighted by Crippen LogP contribution is 2.07. The lowest BCUT2D eigenvalue weighted by molar-refractivity contribution is -0.123. The van der Waals surface area contributed by atoms with Crippen molar-refractivity contribution >= 4 is 40.6 Å². The van der Waals surface area contributed by atoms with Gasteiger partial charge in [-0.1, -0.05) is 6.07 Å². The first-order chi connectivity index (χ1) is 10.1. The first kappa shape index (κ1) is 15.2.